The van der Waals surface area contributed by atoms with E-state index in [1.165, 1.54) is 12.8 Å². The Bertz CT molecular complexity index is 84.3. The lowest BCUT2D eigenvalue weighted by atomic mass is 10.0. The molecule has 96 valence electrons. The summed E-state index contributed by atoms with van der Waals surface area (Å²) in [7, 11) is 0. The van der Waals surface area contributed by atoms with E-state index in [1.807, 2.05) is 0 Å². The van der Waals surface area contributed by atoms with Gasteiger partial charge in [0, 0.05) is 0 Å². The highest BCUT2D eigenvalue weighted by atomic mass is 14.0. The lowest BCUT2D eigenvalue weighted by molar-refractivity contribution is 0.469. The summed E-state index contributed by atoms with van der Waals surface area (Å²) < 4.78 is 0. The summed E-state index contributed by atoms with van der Waals surface area (Å²) in [5, 5.41) is 0. The average molecular weight is 216 g/mol. The zero-order valence-electron chi connectivity index (χ0n) is 13.1. The minimum absolute atomic E-state index is 0.500. The molecule has 0 bridgehead atoms. The Kier molecular flexibility index (Phi) is 16.4. The van der Waals surface area contributed by atoms with Crippen LogP contribution in [0.3, 0.4) is 0 Å². The second-order valence-corrected chi connectivity index (χ2v) is 6.91. The largest absolute Gasteiger partial charge is 0.0654 e. The topological polar surface area (TPSA) is 0 Å². The molecule has 0 aromatic heterocycles. The van der Waals surface area contributed by atoms with Gasteiger partial charge in [0.05, 0.1) is 0 Å². The Hall–Kier alpha value is 0. The lowest BCUT2D eigenvalue weighted by Crippen LogP contribution is -1.93. The normalized spacial score (nSPS) is 10.4. The van der Waals surface area contributed by atoms with Crippen molar-refractivity contribution in [3.63, 3.8) is 0 Å². The van der Waals surface area contributed by atoms with E-state index in [1.54, 1.807) is 0 Å². The first-order chi connectivity index (χ1) is 6.50. The average Bonchev–Trinajstić information content (AvgIpc) is 1.79. The fraction of sp³-hybridized carbons (Fsp3) is 1.00. The van der Waals surface area contributed by atoms with Gasteiger partial charge in [-0.2, -0.15) is 0 Å². The Morgan fingerprint density at radius 1 is 0.800 bits per heavy atom. The van der Waals surface area contributed by atoms with Crippen molar-refractivity contribution in [1.29, 1.82) is 0 Å². The minimum Gasteiger partial charge on any atom is -0.0654 e. The van der Waals surface area contributed by atoms with Gasteiger partial charge in [0.2, 0.25) is 0 Å². The summed E-state index contributed by atoms with van der Waals surface area (Å²) in [4.78, 5) is 0. The summed E-state index contributed by atoms with van der Waals surface area (Å²) >= 11 is 0. The number of hydrogen-bond acceptors (Lipinski definition) is 0. The van der Waals surface area contributed by atoms with E-state index < -0.39 is 0 Å². The molecular formula is C15H36. The van der Waals surface area contributed by atoms with Crippen LogP contribution in [-0.2, 0) is 0 Å². The van der Waals surface area contributed by atoms with E-state index in [0.717, 1.165) is 11.8 Å². The highest BCUT2D eigenvalue weighted by Crippen LogP contribution is 2.08. The van der Waals surface area contributed by atoms with E-state index in [0.29, 0.717) is 5.41 Å². The van der Waals surface area contributed by atoms with Crippen LogP contribution in [-0.4, -0.2) is 0 Å². The van der Waals surface area contributed by atoms with E-state index in [9.17, 15) is 0 Å². The van der Waals surface area contributed by atoms with E-state index in [-0.39, 0.29) is 0 Å². The summed E-state index contributed by atoms with van der Waals surface area (Å²) in [6, 6.07) is 0. The van der Waals surface area contributed by atoms with Crippen molar-refractivity contribution in [2.75, 3.05) is 0 Å². The molecule has 0 aromatic carbocycles. The smallest absolute Gasteiger partial charge is 0.0411 e. The van der Waals surface area contributed by atoms with Crippen LogP contribution in [0.5, 0.6) is 0 Å². The van der Waals surface area contributed by atoms with Crippen LogP contribution in [0, 0.1) is 17.3 Å². The van der Waals surface area contributed by atoms with Crippen LogP contribution in [0.1, 0.15) is 82.1 Å². The van der Waals surface area contributed by atoms with Crippen LogP contribution >= 0.6 is 0 Å². The predicted molar refractivity (Wildman–Crippen MR) is 75.4 cm³/mol. The third kappa shape index (κ3) is 224. The molecule has 0 saturated carbocycles. The van der Waals surface area contributed by atoms with Gasteiger partial charge in [-0.3, -0.25) is 0 Å². The summed E-state index contributed by atoms with van der Waals surface area (Å²) in [6.07, 6.45) is 2.71. The minimum atomic E-state index is 0.500. The Labute approximate surface area is 99.9 Å². The van der Waals surface area contributed by atoms with E-state index >= 15 is 0 Å². The van der Waals surface area contributed by atoms with Gasteiger partial charge >= 0.3 is 0 Å². The Morgan fingerprint density at radius 2 is 1.00 bits per heavy atom. The van der Waals surface area contributed by atoms with Gasteiger partial charge in [-0.05, 0) is 17.3 Å². The molecule has 0 nitrogen and oxygen atoms in total. The first kappa shape index (κ1) is 20.4. The van der Waals surface area contributed by atoms with Crippen molar-refractivity contribution in [2.24, 2.45) is 17.3 Å². The molecule has 0 aliphatic rings. The molecule has 15 heavy (non-hydrogen) atoms. The molecule has 0 rings (SSSR count). The van der Waals surface area contributed by atoms with Gasteiger partial charge in [-0.25, -0.2) is 0 Å². The molecule has 0 aliphatic carbocycles. The summed E-state index contributed by atoms with van der Waals surface area (Å²) in [5.41, 5.74) is 0.500. The molecule has 0 radical (unpaired) electrons. The predicted octanol–water partition coefficient (Wildman–Crippen LogP) is 6.16. The number of hydrogen-bond donors (Lipinski definition) is 0. The SMILES string of the molecule is CC(C)(C)C.CC(C)C.CCCC(C)C. The maximum atomic E-state index is 2.25. The molecule has 0 fully saturated rings. The van der Waals surface area contributed by atoms with Crippen molar-refractivity contribution >= 4 is 0 Å². The van der Waals surface area contributed by atoms with Crippen molar-refractivity contribution in [1.82, 2.24) is 0 Å². The highest BCUT2D eigenvalue weighted by molar-refractivity contribution is 4.47. The Morgan fingerprint density at radius 3 is 1.00 bits per heavy atom. The monoisotopic (exact) mass is 216 g/mol. The third-order valence-electron chi connectivity index (χ3n) is 0.866. The standard InChI is InChI=1S/C6H14.C5H12.C4H10/c1-4-5-6(2)3;1-5(2,3)4;1-4(2)3/h6H,4-5H2,1-3H3;1-4H3;4H,1-3H3. The molecule has 0 amide bonds. The van der Waals surface area contributed by atoms with Gasteiger partial charge in [-0.15, -0.1) is 0 Å². The Balaban J connectivity index is -0.000000147. The molecule has 0 atom stereocenters. The first-order valence-corrected chi connectivity index (χ1v) is 6.50. The second-order valence-electron chi connectivity index (χ2n) is 6.91. The quantitative estimate of drug-likeness (QED) is 0.519. The van der Waals surface area contributed by atoms with Gasteiger partial charge in [0.1, 0.15) is 0 Å². The second kappa shape index (κ2) is 12.1. The maximum Gasteiger partial charge on any atom is -0.0411 e. The molecular weight excluding hydrogens is 180 g/mol. The maximum absolute atomic E-state index is 2.25. The fourth-order valence-electron chi connectivity index (χ4n) is 0.577. The van der Waals surface area contributed by atoms with Crippen LogP contribution < -0.4 is 0 Å². The molecule has 0 unspecified atom stereocenters. The molecule has 0 spiro atoms. The first-order valence-electron chi connectivity index (χ1n) is 6.50. The van der Waals surface area contributed by atoms with Crippen LogP contribution in [0.2, 0.25) is 0 Å². The van der Waals surface area contributed by atoms with Gasteiger partial charge in [0.25, 0.3) is 0 Å². The van der Waals surface area contributed by atoms with Crippen LogP contribution in [0.25, 0.3) is 0 Å². The van der Waals surface area contributed by atoms with Crippen LogP contribution in [0.4, 0.5) is 0 Å². The van der Waals surface area contributed by atoms with Gasteiger partial charge in [-0.1, -0.05) is 82.1 Å². The highest BCUT2D eigenvalue weighted by Gasteiger charge is 1.95. The molecule has 0 aliphatic heterocycles. The zero-order chi connectivity index (χ0) is 13.1. The lowest BCUT2D eigenvalue weighted by Gasteiger charge is -2.05. The summed E-state index contributed by atoms with van der Waals surface area (Å²) in [6.45, 7) is 22.0. The fourth-order valence-corrected chi connectivity index (χ4v) is 0.577. The van der Waals surface area contributed by atoms with E-state index in [2.05, 4.69) is 69.2 Å². The molecule has 0 aromatic rings. The van der Waals surface area contributed by atoms with E-state index in [4.69, 9.17) is 0 Å². The molecule has 0 N–H and O–H groups in total. The number of rotatable bonds is 2. The van der Waals surface area contributed by atoms with Gasteiger partial charge in [0.15, 0.2) is 0 Å². The molecule has 0 heteroatoms. The van der Waals surface area contributed by atoms with Gasteiger partial charge < -0.3 is 0 Å². The summed E-state index contributed by atoms with van der Waals surface area (Å²) in [5.74, 6) is 1.73. The molecule has 0 heterocycles. The van der Waals surface area contributed by atoms with Crippen molar-refractivity contribution in [2.45, 2.75) is 82.1 Å². The zero-order valence-corrected chi connectivity index (χ0v) is 13.1. The van der Waals surface area contributed by atoms with Crippen molar-refractivity contribution in [3.8, 4) is 0 Å². The van der Waals surface area contributed by atoms with Crippen LogP contribution in [0.15, 0.2) is 0 Å². The molecule has 0 saturated heterocycles. The van der Waals surface area contributed by atoms with Crippen molar-refractivity contribution in [3.05, 3.63) is 0 Å². The third-order valence-corrected chi connectivity index (χ3v) is 0.866. The van der Waals surface area contributed by atoms with Crippen molar-refractivity contribution < 1.29 is 0 Å².